The Morgan fingerprint density at radius 2 is 2.00 bits per heavy atom. The first-order valence-electron chi connectivity index (χ1n) is 13.6. The monoisotopic (exact) mass is 607 g/mol. The Labute approximate surface area is 241 Å². The lowest BCUT2D eigenvalue weighted by molar-refractivity contribution is -0.149. The molecule has 4 N–H and O–H groups in total. The maximum atomic E-state index is 15.5. The number of nitrogens with one attached hydrogen (secondary N) is 1. The van der Waals surface area contributed by atoms with E-state index < -0.39 is 57.1 Å². The molecule has 1 aliphatic carbocycles. The first-order valence-corrected chi connectivity index (χ1v) is 15.2. The number of carbonyl (C=O) groups is 1. The summed E-state index contributed by atoms with van der Waals surface area (Å²) in [6, 6.07) is 7.40. The average molecular weight is 608 g/mol. The third kappa shape index (κ3) is 6.50. The molecule has 228 valence electrons. The molecule has 42 heavy (non-hydrogen) atoms. The molecule has 0 unspecified atom stereocenters. The molecule has 1 saturated carbocycles. The number of nitrogens with two attached hydrogens (primary N) is 1. The van der Waals surface area contributed by atoms with Crippen molar-refractivity contribution in [2.45, 2.75) is 76.4 Å². The highest BCUT2D eigenvalue weighted by molar-refractivity contribution is 7.52. The number of anilines is 2. The van der Waals surface area contributed by atoms with Crippen LogP contribution in [-0.4, -0.2) is 80.8 Å². The second-order valence-electron chi connectivity index (χ2n) is 10.6. The molecule has 1 aromatic carbocycles. The molecule has 3 aromatic rings. The van der Waals surface area contributed by atoms with Crippen molar-refractivity contribution in [2.75, 3.05) is 24.3 Å². The van der Waals surface area contributed by atoms with Crippen LogP contribution in [0.4, 0.5) is 16.2 Å². The summed E-state index contributed by atoms with van der Waals surface area (Å²) in [7, 11) is -2.39. The molecule has 14 nitrogen and oxygen atoms in total. The maximum absolute atomic E-state index is 15.5. The number of hydrogen-bond acceptors (Lipinski definition) is 12. The van der Waals surface area contributed by atoms with Gasteiger partial charge in [0.2, 0.25) is 5.95 Å². The van der Waals surface area contributed by atoms with Crippen molar-refractivity contribution in [1.29, 1.82) is 0 Å². The number of benzene rings is 1. The van der Waals surface area contributed by atoms with E-state index in [0.717, 1.165) is 12.8 Å². The van der Waals surface area contributed by atoms with Crippen molar-refractivity contribution >= 4 is 36.6 Å². The molecule has 2 aromatic heterocycles. The van der Waals surface area contributed by atoms with Crippen LogP contribution in [0.3, 0.4) is 0 Å². The van der Waals surface area contributed by atoms with Gasteiger partial charge in [-0.05, 0) is 45.7 Å². The molecular formula is C26H35FN7O7P. The van der Waals surface area contributed by atoms with Crippen molar-refractivity contribution in [1.82, 2.24) is 24.6 Å². The molecular weight excluding hydrogens is 572 g/mol. The molecule has 1 aliphatic heterocycles. The molecule has 3 heterocycles. The number of aliphatic hydroxyl groups excluding tert-OH is 1. The third-order valence-electron chi connectivity index (χ3n) is 6.85. The van der Waals surface area contributed by atoms with Gasteiger partial charge in [0.1, 0.15) is 24.0 Å². The number of nitrogen functional groups attached to an aromatic ring is 1. The average Bonchev–Trinajstić information content (AvgIpc) is 3.65. The molecule has 16 heteroatoms. The molecule has 6 atom stereocenters. The Hall–Kier alpha value is -3.36. The van der Waals surface area contributed by atoms with E-state index in [1.807, 2.05) is 11.9 Å². The number of halogens is 1. The van der Waals surface area contributed by atoms with E-state index in [4.69, 9.17) is 24.3 Å². The van der Waals surface area contributed by atoms with Gasteiger partial charge in [-0.1, -0.05) is 18.2 Å². The summed E-state index contributed by atoms with van der Waals surface area (Å²) in [6.07, 6.45) is -3.20. The molecule has 0 amide bonds. The second-order valence-corrected chi connectivity index (χ2v) is 12.3. The van der Waals surface area contributed by atoms with Crippen molar-refractivity contribution in [3.05, 3.63) is 36.7 Å². The number of alkyl halides is 1. The first-order chi connectivity index (χ1) is 20.0. The van der Waals surface area contributed by atoms with E-state index in [1.165, 1.54) is 17.8 Å². The highest BCUT2D eigenvalue weighted by atomic mass is 31.2. The van der Waals surface area contributed by atoms with E-state index in [1.54, 1.807) is 44.2 Å². The van der Waals surface area contributed by atoms with Crippen molar-refractivity contribution in [3.63, 3.8) is 0 Å². The zero-order valence-electron chi connectivity index (χ0n) is 23.7. The summed E-state index contributed by atoms with van der Waals surface area (Å²) in [6.45, 7) is 4.26. The van der Waals surface area contributed by atoms with Crippen molar-refractivity contribution in [3.8, 4) is 5.75 Å². The predicted molar refractivity (Wildman–Crippen MR) is 150 cm³/mol. The van der Waals surface area contributed by atoms with Gasteiger partial charge in [-0.3, -0.25) is 13.9 Å². The largest absolute Gasteiger partial charge is 0.462 e. The maximum Gasteiger partial charge on any atom is 0.459 e. The number of rotatable bonds is 12. The summed E-state index contributed by atoms with van der Waals surface area (Å²) >= 11 is 0. The van der Waals surface area contributed by atoms with Crippen LogP contribution in [0.15, 0.2) is 36.7 Å². The number of para-hydroxylation sites is 1. The van der Waals surface area contributed by atoms with Crippen LogP contribution in [0.25, 0.3) is 11.2 Å². The van der Waals surface area contributed by atoms with Gasteiger partial charge in [-0.25, -0.2) is 13.9 Å². The number of imidazole rings is 1. The fourth-order valence-corrected chi connectivity index (χ4v) is 6.06. The summed E-state index contributed by atoms with van der Waals surface area (Å²) in [5.41, 5.74) is 6.62. The summed E-state index contributed by atoms with van der Waals surface area (Å²) in [5, 5.41) is 13.3. The molecule has 5 rings (SSSR count). The van der Waals surface area contributed by atoms with Gasteiger partial charge in [0, 0.05) is 13.1 Å². The fourth-order valence-electron chi connectivity index (χ4n) is 4.56. The highest BCUT2D eigenvalue weighted by Gasteiger charge is 2.47. The van der Waals surface area contributed by atoms with Crippen LogP contribution in [0.1, 0.15) is 39.8 Å². The summed E-state index contributed by atoms with van der Waals surface area (Å²) in [4.78, 5) is 27.3. The lowest BCUT2D eigenvalue weighted by Gasteiger charge is -2.25. The number of hydrogen-bond donors (Lipinski definition) is 3. The number of carbonyl (C=O) groups excluding carboxylic acids is 1. The predicted octanol–water partition coefficient (Wildman–Crippen LogP) is 2.74. The van der Waals surface area contributed by atoms with Gasteiger partial charge in [-0.15, -0.1) is 0 Å². The Morgan fingerprint density at radius 3 is 2.67 bits per heavy atom. The lowest BCUT2D eigenvalue weighted by Crippen LogP contribution is -2.37. The normalized spacial score (nSPS) is 24.5. The standard InChI is InChI=1S/C26H35FN7O7P/c1-14(2)39-25(36)15(3)32-42(37,41-17-8-6-5-7-9-17)38-12-18-21(35)19(27)24(40-18)34-13-29-20-22(33(4)16-10-11-16)30-26(28)31-23(20)34/h5-9,13-16,18-19,21,24,35H,10-12H2,1-4H3,(H,32,37)(H2,28,30,31)/t15-,18+,19-,21+,24+,42-/m0/s1. The highest BCUT2D eigenvalue weighted by Crippen LogP contribution is 2.46. The molecule has 2 fully saturated rings. The van der Waals surface area contributed by atoms with Crippen LogP contribution < -0.4 is 20.2 Å². The van der Waals surface area contributed by atoms with E-state index >= 15 is 4.39 Å². The van der Waals surface area contributed by atoms with Gasteiger partial charge >= 0.3 is 13.7 Å². The molecule has 1 saturated heterocycles. The SMILES string of the molecule is CC(C)OC(=O)[C@H](C)N[P@](=O)(OC[C@H]1O[C@@H](n2cnc3c(N(C)C4CC4)nc(N)nc32)[C@@H](F)[C@@H]1O)Oc1ccccc1. The van der Waals surface area contributed by atoms with Gasteiger partial charge in [0.15, 0.2) is 29.4 Å². The smallest absolute Gasteiger partial charge is 0.459 e. The number of ether oxygens (including phenoxy) is 2. The van der Waals surface area contributed by atoms with Crippen molar-refractivity contribution < 1.29 is 37.4 Å². The summed E-state index contributed by atoms with van der Waals surface area (Å²) in [5.74, 6) is 0.0195. The van der Waals surface area contributed by atoms with Crippen LogP contribution in [0.5, 0.6) is 5.75 Å². The minimum atomic E-state index is -4.27. The Balaban J connectivity index is 1.34. The minimum absolute atomic E-state index is 0.0178. The van der Waals surface area contributed by atoms with Crippen LogP contribution in [-0.2, 0) is 23.4 Å². The Kier molecular flexibility index (Phi) is 8.67. The quantitative estimate of drug-likeness (QED) is 0.203. The number of fused-ring (bicyclic) bond motifs is 1. The second kappa shape index (κ2) is 12.1. The summed E-state index contributed by atoms with van der Waals surface area (Å²) < 4.78 is 52.8. The minimum Gasteiger partial charge on any atom is -0.462 e. The molecule has 0 bridgehead atoms. The fraction of sp³-hybridized carbons (Fsp3) is 0.538. The van der Waals surface area contributed by atoms with E-state index in [-0.39, 0.29) is 17.3 Å². The van der Waals surface area contributed by atoms with Gasteiger partial charge < -0.3 is 29.7 Å². The first kappa shape index (κ1) is 30.1. The Morgan fingerprint density at radius 1 is 1.29 bits per heavy atom. The van der Waals surface area contributed by atoms with E-state index in [2.05, 4.69) is 20.0 Å². The number of esters is 1. The number of nitrogens with zero attached hydrogens (tertiary/aromatic N) is 5. The van der Waals surface area contributed by atoms with Gasteiger partial charge in [0.25, 0.3) is 0 Å². The molecule has 0 radical (unpaired) electrons. The van der Waals surface area contributed by atoms with Crippen LogP contribution in [0, 0.1) is 0 Å². The van der Waals surface area contributed by atoms with E-state index in [9.17, 15) is 14.5 Å². The zero-order valence-corrected chi connectivity index (χ0v) is 24.6. The molecule has 2 aliphatic rings. The van der Waals surface area contributed by atoms with Gasteiger partial charge in [0.05, 0.1) is 19.0 Å². The van der Waals surface area contributed by atoms with Crippen molar-refractivity contribution in [2.24, 2.45) is 0 Å². The third-order valence-corrected chi connectivity index (χ3v) is 8.50. The van der Waals surface area contributed by atoms with E-state index in [0.29, 0.717) is 17.4 Å². The van der Waals surface area contributed by atoms with Crippen LogP contribution >= 0.6 is 7.75 Å². The zero-order chi connectivity index (χ0) is 30.2. The topological polar surface area (TPSA) is 176 Å². The number of aliphatic hydroxyl groups is 1. The molecule has 0 spiro atoms. The lowest BCUT2D eigenvalue weighted by atomic mass is 10.1. The number of aromatic nitrogens is 4. The van der Waals surface area contributed by atoms with Gasteiger partial charge in [-0.2, -0.15) is 15.1 Å². The van der Waals surface area contributed by atoms with Crippen LogP contribution in [0.2, 0.25) is 0 Å². The Bertz CT molecular complexity index is 1460.